The fraction of sp³-hybridized carbons (Fsp3) is 0.160. The summed E-state index contributed by atoms with van der Waals surface area (Å²) in [6.07, 6.45) is 0.694. The fourth-order valence-corrected chi connectivity index (χ4v) is 4.30. The lowest BCUT2D eigenvalue weighted by molar-refractivity contribution is -0.118. The summed E-state index contributed by atoms with van der Waals surface area (Å²) in [5.41, 5.74) is 2.87. The molecule has 3 aromatic carbocycles. The molecule has 0 aliphatic carbocycles. The lowest BCUT2D eigenvalue weighted by Crippen LogP contribution is -2.27. The summed E-state index contributed by atoms with van der Waals surface area (Å²) >= 11 is 7.42. The SMILES string of the molecule is COc1ccccc1CCNC(=O)CSc1nnc(-c2ccccc2)n1-c1ccc(Cl)cc1. The van der Waals surface area contributed by atoms with E-state index in [1.807, 2.05) is 83.4 Å². The molecule has 0 radical (unpaired) electrons. The third kappa shape index (κ3) is 5.74. The zero-order valence-corrected chi connectivity index (χ0v) is 19.6. The smallest absolute Gasteiger partial charge is 0.230 e. The van der Waals surface area contributed by atoms with E-state index in [1.54, 1.807) is 7.11 Å². The normalized spacial score (nSPS) is 10.7. The van der Waals surface area contributed by atoms with E-state index in [0.29, 0.717) is 29.0 Å². The molecule has 1 aromatic heterocycles. The highest BCUT2D eigenvalue weighted by atomic mass is 35.5. The second kappa shape index (κ2) is 11.0. The van der Waals surface area contributed by atoms with Crippen molar-refractivity contribution < 1.29 is 9.53 Å². The van der Waals surface area contributed by atoms with Crippen molar-refractivity contribution in [3.63, 3.8) is 0 Å². The van der Waals surface area contributed by atoms with Crippen molar-refractivity contribution in [3.05, 3.63) is 89.4 Å². The van der Waals surface area contributed by atoms with Gasteiger partial charge in [-0.15, -0.1) is 10.2 Å². The van der Waals surface area contributed by atoms with Gasteiger partial charge < -0.3 is 10.1 Å². The first-order valence-electron chi connectivity index (χ1n) is 10.4. The molecule has 168 valence electrons. The molecule has 0 atom stereocenters. The van der Waals surface area contributed by atoms with Crippen molar-refractivity contribution in [2.45, 2.75) is 11.6 Å². The van der Waals surface area contributed by atoms with Gasteiger partial charge in [-0.1, -0.05) is 71.9 Å². The molecule has 0 bridgehead atoms. The summed E-state index contributed by atoms with van der Waals surface area (Å²) in [5.74, 6) is 1.69. The first-order chi connectivity index (χ1) is 16.2. The fourth-order valence-electron chi connectivity index (χ4n) is 3.39. The van der Waals surface area contributed by atoms with Gasteiger partial charge in [0.15, 0.2) is 11.0 Å². The Bertz CT molecular complexity index is 1210. The number of nitrogens with zero attached hydrogens (tertiary/aromatic N) is 3. The molecule has 0 fully saturated rings. The molecule has 0 spiro atoms. The maximum Gasteiger partial charge on any atom is 0.230 e. The highest BCUT2D eigenvalue weighted by Crippen LogP contribution is 2.28. The van der Waals surface area contributed by atoms with E-state index in [0.717, 1.165) is 22.6 Å². The van der Waals surface area contributed by atoms with Crippen LogP contribution in [-0.2, 0) is 11.2 Å². The lowest BCUT2D eigenvalue weighted by atomic mass is 10.1. The Labute approximate surface area is 202 Å². The Hall–Kier alpha value is -3.29. The predicted molar refractivity (Wildman–Crippen MR) is 132 cm³/mol. The Morgan fingerprint density at radius 3 is 2.48 bits per heavy atom. The highest BCUT2D eigenvalue weighted by molar-refractivity contribution is 7.99. The van der Waals surface area contributed by atoms with Crippen molar-refractivity contribution in [1.29, 1.82) is 0 Å². The third-order valence-electron chi connectivity index (χ3n) is 4.99. The van der Waals surface area contributed by atoms with Gasteiger partial charge in [-0.05, 0) is 42.3 Å². The van der Waals surface area contributed by atoms with Crippen LogP contribution in [0.3, 0.4) is 0 Å². The Kier molecular flexibility index (Phi) is 7.65. The van der Waals surface area contributed by atoms with Crippen LogP contribution in [0.5, 0.6) is 5.75 Å². The number of carbonyl (C=O) groups is 1. The first-order valence-corrected chi connectivity index (χ1v) is 11.8. The standard InChI is InChI=1S/C25H23ClN4O2S/c1-32-22-10-6-5-7-18(22)15-16-27-23(31)17-33-25-29-28-24(19-8-3-2-4-9-19)30(25)21-13-11-20(26)12-14-21/h2-14H,15-17H2,1H3,(H,27,31). The lowest BCUT2D eigenvalue weighted by Gasteiger charge is -2.11. The molecular weight excluding hydrogens is 456 g/mol. The van der Waals surface area contributed by atoms with Gasteiger partial charge in [-0.3, -0.25) is 9.36 Å². The minimum atomic E-state index is -0.0678. The van der Waals surface area contributed by atoms with Crippen LogP contribution in [0.15, 0.2) is 84.0 Å². The summed E-state index contributed by atoms with van der Waals surface area (Å²) in [4.78, 5) is 12.5. The molecule has 33 heavy (non-hydrogen) atoms. The number of methoxy groups -OCH3 is 1. The van der Waals surface area contributed by atoms with E-state index in [2.05, 4.69) is 15.5 Å². The van der Waals surface area contributed by atoms with Crippen LogP contribution in [0.2, 0.25) is 5.02 Å². The summed E-state index contributed by atoms with van der Waals surface area (Å²) < 4.78 is 7.31. The molecular formula is C25H23ClN4O2S. The molecule has 6 nitrogen and oxygen atoms in total. The number of thioether (sulfide) groups is 1. The Morgan fingerprint density at radius 1 is 1.00 bits per heavy atom. The first kappa shape index (κ1) is 22.9. The van der Waals surface area contributed by atoms with Crippen molar-refractivity contribution in [2.75, 3.05) is 19.4 Å². The van der Waals surface area contributed by atoms with Crippen LogP contribution < -0.4 is 10.1 Å². The van der Waals surface area contributed by atoms with Crippen LogP contribution in [0.1, 0.15) is 5.56 Å². The quantitative estimate of drug-likeness (QED) is 0.341. The van der Waals surface area contributed by atoms with Crippen LogP contribution >= 0.6 is 23.4 Å². The van der Waals surface area contributed by atoms with E-state index < -0.39 is 0 Å². The Balaban J connectivity index is 1.45. The van der Waals surface area contributed by atoms with Crippen LogP contribution in [0.4, 0.5) is 0 Å². The second-order valence-electron chi connectivity index (χ2n) is 7.18. The van der Waals surface area contributed by atoms with Crippen LogP contribution in [0, 0.1) is 0 Å². The van der Waals surface area contributed by atoms with E-state index >= 15 is 0 Å². The van der Waals surface area contributed by atoms with Crippen LogP contribution in [0.25, 0.3) is 17.1 Å². The number of nitrogens with one attached hydrogen (secondary N) is 1. The van der Waals surface area contributed by atoms with E-state index in [4.69, 9.17) is 16.3 Å². The zero-order chi connectivity index (χ0) is 23.0. The molecule has 0 unspecified atom stereocenters. The van der Waals surface area contributed by atoms with Crippen molar-refractivity contribution >= 4 is 29.3 Å². The number of carbonyl (C=O) groups excluding carboxylic acids is 1. The van der Waals surface area contributed by atoms with Crippen LogP contribution in [-0.4, -0.2) is 40.1 Å². The Morgan fingerprint density at radius 2 is 1.73 bits per heavy atom. The average molecular weight is 479 g/mol. The van der Waals surface area contributed by atoms with Gasteiger partial charge in [0.1, 0.15) is 5.75 Å². The number of aromatic nitrogens is 3. The van der Waals surface area contributed by atoms with Gasteiger partial charge >= 0.3 is 0 Å². The maximum atomic E-state index is 12.5. The van der Waals surface area contributed by atoms with Gasteiger partial charge in [0.2, 0.25) is 5.91 Å². The number of para-hydroxylation sites is 1. The number of amides is 1. The minimum Gasteiger partial charge on any atom is -0.496 e. The third-order valence-corrected chi connectivity index (χ3v) is 6.17. The summed E-state index contributed by atoms with van der Waals surface area (Å²) in [7, 11) is 1.65. The zero-order valence-electron chi connectivity index (χ0n) is 18.1. The second-order valence-corrected chi connectivity index (χ2v) is 8.56. The van der Waals surface area contributed by atoms with E-state index in [-0.39, 0.29) is 11.7 Å². The number of benzene rings is 3. The minimum absolute atomic E-state index is 0.0678. The monoisotopic (exact) mass is 478 g/mol. The summed E-state index contributed by atoms with van der Waals surface area (Å²) in [6, 6.07) is 25.1. The van der Waals surface area contributed by atoms with Gasteiger partial charge in [0.05, 0.1) is 12.9 Å². The molecule has 0 saturated carbocycles. The molecule has 8 heteroatoms. The largest absolute Gasteiger partial charge is 0.496 e. The molecule has 0 saturated heterocycles. The highest BCUT2D eigenvalue weighted by Gasteiger charge is 2.17. The summed E-state index contributed by atoms with van der Waals surface area (Å²) in [5, 5.41) is 13.0. The number of hydrogen-bond donors (Lipinski definition) is 1. The number of rotatable bonds is 9. The van der Waals surface area contributed by atoms with Gasteiger partial charge in [0, 0.05) is 22.8 Å². The molecule has 0 aliphatic heterocycles. The maximum absolute atomic E-state index is 12.5. The molecule has 0 aliphatic rings. The number of ether oxygens (including phenoxy) is 1. The molecule has 1 amide bonds. The summed E-state index contributed by atoms with van der Waals surface area (Å²) in [6.45, 7) is 0.527. The number of halogens is 1. The van der Waals surface area contributed by atoms with Crippen molar-refractivity contribution in [2.24, 2.45) is 0 Å². The molecule has 4 rings (SSSR count). The molecule has 4 aromatic rings. The van der Waals surface area contributed by atoms with Crippen molar-refractivity contribution in [1.82, 2.24) is 20.1 Å². The van der Waals surface area contributed by atoms with Gasteiger partial charge in [-0.2, -0.15) is 0 Å². The topological polar surface area (TPSA) is 69.0 Å². The number of hydrogen-bond acceptors (Lipinski definition) is 5. The van der Waals surface area contributed by atoms with Gasteiger partial charge in [0.25, 0.3) is 0 Å². The average Bonchev–Trinajstić information content (AvgIpc) is 3.28. The van der Waals surface area contributed by atoms with E-state index in [9.17, 15) is 4.79 Å². The molecule has 1 heterocycles. The molecule has 1 N–H and O–H groups in total. The van der Waals surface area contributed by atoms with Gasteiger partial charge in [-0.25, -0.2) is 0 Å². The van der Waals surface area contributed by atoms with E-state index in [1.165, 1.54) is 11.8 Å². The predicted octanol–water partition coefficient (Wildman–Crippen LogP) is 5.05. The van der Waals surface area contributed by atoms with Crippen molar-refractivity contribution in [3.8, 4) is 22.8 Å².